The van der Waals surface area contributed by atoms with E-state index in [-0.39, 0.29) is 11.5 Å². The van der Waals surface area contributed by atoms with Gasteiger partial charge in [-0.15, -0.1) is 11.3 Å². The zero-order valence-corrected chi connectivity index (χ0v) is 12.2. The Morgan fingerprint density at radius 3 is 2.57 bits per heavy atom. The number of hydrogen-bond donors (Lipinski definition) is 2. The van der Waals surface area contributed by atoms with E-state index in [4.69, 9.17) is 0 Å². The highest BCUT2D eigenvalue weighted by atomic mass is 32.1. The molecule has 1 aromatic heterocycles. The lowest BCUT2D eigenvalue weighted by Gasteiger charge is -2.24. The van der Waals surface area contributed by atoms with E-state index < -0.39 is 23.8 Å². The average Bonchev–Trinajstić information content (AvgIpc) is 2.94. The molecule has 2 rings (SSSR count). The van der Waals surface area contributed by atoms with Crippen molar-refractivity contribution in [1.82, 2.24) is 0 Å². The van der Waals surface area contributed by atoms with Crippen LogP contribution in [0.4, 0.5) is 5.00 Å². The molecule has 0 spiro atoms. The summed E-state index contributed by atoms with van der Waals surface area (Å²) in [4.78, 5) is 35.1. The molecule has 0 aromatic carbocycles. The van der Waals surface area contributed by atoms with Gasteiger partial charge < -0.3 is 15.2 Å². The number of amides is 1. The summed E-state index contributed by atoms with van der Waals surface area (Å²) in [5.41, 5.74) is 0.272. The molecule has 2 N–H and O–H groups in total. The lowest BCUT2D eigenvalue weighted by Crippen LogP contribution is -2.34. The van der Waals surface area contributed by atoms with Crippen LogP contribution in [0.5, 0.6) is 0 Å². The monoisotopic (exact) mass is 309 g/mol. The van der Waals surface area contributed by atoms with Crippen molar-refractivity contribution in [2.24, 2.45) is 11.8 Å². The lowest BCUT2D eigenvalue weighted by atomic mass is 9.82. The van der Waals surface area contributed by atoms with Crippen molar-refractivity contribution in [2.45, 2.75) is 12.8 Å². The molecule has 2 atom stereocenters. The van der Waals surface area contributed by atoms with Crippen LogP contribution in [0.3, 0.4) is 0 Å². The molecule has 21 heavy (non-hydrogen) atoms. The van der Waals surface area contributed by atoms with Gasteiger partial charge >= 0.3 is 11.9 Å². The fraction of sp³-hybridized carbons (Fsp3) is 0.357. The third-order valence-electron chi connectivity index (χ3n) is 3.39. The molecule has 0 saturated heterocycles. The molecule has 1 heterocycles. The largest absolute Gasteiger partial charge is 0.481 e. The molecule has 0 bridgehead atoms. The Bertz CT molecular complexity index is 592. The van der Waals surface area contributed by atoms with Crippen LogP contribution in [-0.4, -0.2) is 30.1 Å². The number of rotatable bonds is 4. The highest BCUT2D eigenvalue weighted by molar-refractivity contribution is 7.14. The number of aliphatic carboxylic acids is 1. The number of nitrogens with one attached hydrogen (secondary N) is 1. The Labute approximate surface area is 125 Å². The highest BCUT2D eigenvalue weighted by Gasteiger charge is 2.34. The number of carboxylic acids is 1. The van der Waals surface area contributed by atoms with Gasteiger partial charge in [0.05, 0.1) is 24.5 Å². The Morgan fingerprint density at radius 1 is 1.29 bits per heavy atom. The first kappa shape index (κ1) is 15.2. The first-order chi connectivity index (χ1) is 10.0. The predicted octanol–water partition coefficient (Wildman–Crippen LogP) is 2.14. The molecule has 1 amide bonds. The first-order valence-corrected chi connectivity index (χ1v) is 7.27. The van der Waals surface area contributed by atoms with E-state index in [9.17, 15) is 19.5 Å². The number of carbonyl (C=O) groups excluding carboxylic acids is 2. The summed E-state index contributed by atoms with van der Waals surface area (Å²) in [7, 11) is 1.26. The third-order valence-corrected chi connectivity index (χ3v) is 4.22. The number of carbonyl (C=O) groups is 3. The molecule has 0 unspecified atom stereocenters. The number of methoxy groups -OCH3 is 1. The van der Waals surface area contributed by atoms with Crippen LogP contribution in [0.2, 0.25) is 0 Å². The smallest absolute Gasteiger partial charge is 0.340 e. The predicted molar refractivity (Wildman–Crippen MR) is 77.3 cm³/mol. The summed E-state index contributed by atoms with van der Waals surface area (Å²) in [6.45, 7) is 0. The van der Waals surface area contributed by atoms with Crippen LogP contribution in [0.15, 0.2) is 23.6 Å². The van der Waals surface area contributed by atoms with Gasteiger partial charge in [0.1, 0.15) is 5.00 Å². The zero-order chi connectivity index (χ0) is 15.4. The number of anilines is 1. The van der Waals surface area contributed by atoms with E-state index in [0.29, 0.717) is 17.8 Å². The standard InChI is InChI=1S/C14H15NO5S/c1-20-14(19)10-6-7-21-12(10)15-11(16)8-4-2-3-5-9(8)13(17)18/h2-3,6-9H,4-5H2,1H3,(H,15,16)(H,17,18)/t8-,9+/m1/s1. The molecule has 1 aromatic rings. The second-order valence-corrected chi connectivity index (χ2v) is 5.55. The van der Waals surface area contributed by atoms with Gasteiger partial charge in [-0.1, -0.05) is 12.2 Å². The van der Waals surface area contributed by atoms with E-state index in [0.717, 1.165) is 0 Å². The van der Waals surface area contributed by atoms with Crippen LogP contribution in [-0.2, 0) is 14.3 Å². The maximum atomic E-state index is 12.3. The van der Waals surface area contributed by atoms with Crippen molar-refractivity contribution in [3.8, 4) is 0 Å². The second kappa shape index (κ2) is 6.53. The minimum absolute atomic E-state index is 0.272. The van der Waals surface area contributed by atoms with Gasteiger partial charge in [0.2, 0.25) is 5.91 Å². The number of esters is 1. The van der Waals surface area contributed by atoms with Gasteiger partial charge in [-0.2, -0.15) is 0 Å². The van der Waals surface area contributed by atoms with Crippen LogP contribution in [0.1, 0.15) is 23.2 Å². The van der Waals surface area contributed by atoms with Gasteiger partial charge in [-0.05, 0) is 24.3 Å². The van der Waals surface area contributed by atoms with E-state index in [1.165, 1.54) is 18.4 Å². The summed E-state index contributed by atoms with van der Waals surface area (Å²) >= 11 is 1.20. The molecule has 6 nitrogen and oxygen atoms in total. The van der Waals surface area contributed by atoms with E-state index in [2.05, 4.69) is 10.1 Å². The van der Waals surface area contributed by atoms with Crippen LogP contribution >= 0.6 is 11.3 Å². The molecular weight excluding hydrogens is 294 g/mol. The quantitative estimate of drug-likeness (QED) is 0.656. The zero-order valence-electron chi connectivity index (χ0n) is 11.4. The minimum atomic E-state index is -0.987. The second-order valence-electron chi connectivity index (χ2n) is 4.64. The number of allylic oxidation sites excluding steroid dienone is 2. The summed E-state index contributed by atoms with van der Waals surface area (Å²) in [6, 6.07) is 1.56. The molecule has 1 aliphatic carbocycles. The lowest BCUT2D eigenvalue weighted by molar-refractivity contribution is -0.146. The maximum absolute atomic E-state index is 12.3. The topological polar surface area (TPSA) is 92.7 Å². The van der Waals surface area contributed by atoms with E-state index in [1.54, 1.807) is 23.6 Å². The Kier molecular flexibility index (Phi) is 4.74. The normalized spacial score (nSPS) is 20.8. The number of carboxylic acid groups (broad SMARTS) is 1. The molecule has 112 valence electrons. The fourth-order valence-corrected chi connectivity index (χ4v) is 3.04. The Morgan fingerprint density at radius 2 is 1.95 bits per heavy atom. The number of hydrogen-bond acceptors (Lipinski definition) is 5. The molecule has 0 radical (unpaired) electrons. The summed E-state index contributed by atoms with van der Waals surface area (Å²) in [5.74, 6) is -3.29. The van der Waals surface area contributed by atoms with Gasteiger partial charge in [0, 0.05) is 0 Å². The SMILES string of the molecule is COC(=O)c1ccsc1NC(=O)[C@@H]1CC=CC[C@@H]1C(=O)O. The van der Waals surface area contributed by atoms with E-state index >= 15 is 0 Å². The summed E-state index contributed by atoms with van der Waals surface area (Å²) < 4.78 is 4.63. The third kappa shape index (κ3) is 3.30. The number of ether oxygens (including phenoxy) is 1. The first-order valence-electron chi connectivity index (χ1n) is 6.39. The molecule has 1 aliphatic rings. The molecule has 0 saturated carbocycles. The Balaban J connectivity index is 2.14. The minimum Gasteiger partial charge on any atom is -0.481 e. The van der Waals surface area contributed by atoms with Crippen molar-refractivity contribution in [3.63, 3.8) is 0 Å². The Hall–Kier alpha value is -2.15. The van der Waals surface area contributed by atoms with Crippen molar-refractivity contribution >= 4 is 34.2 Å². The van der Waals surface area contributed by atoms with Gasteiger partial charge in [0.15, 0.2) is 0 Å². The highest BCUT2D eigenvalue weighted by Crippen LogP contribution is 2.29. The van der Waals surface area contributed by atoms with Crippen molar-refractivity contribution < 1.29 is 24.2 Å². The van der Waals surface area contributed by atoms with Gasteiger partial charge in [-0.25, -0.2) is 4.79 Å². The van der Waals surface area contributed by atoms with Gasteiger partial charge in [0.25, 0.3) is 0 Å². The summed E-state index contributed by atoms with van der Waals surface area (Å²) in [6.07, 6.45) is 4.29. The van der Waals surface area contributed by atoms with Crippen molar-refractivity contribution in [2.75, 3.05) is 12.4 Å². The van der Waals surface area contributed by atoms with Gasteiger partial charge in [-0.3, -0.25) is 9.59 Å². The van der Waals surface area contributed by atoms with E-state index in [1.807, 2.05) is 0 Å². The average molecular weight is 309 g/mol. The van der Waals surface area contributed by atoms with Crippen molar-refractivity contribution in [1.29, 1.82) is 0 Å². The van der Waals surface area contributed by atoms with Crippen LogP contribution in [0, 0.1) is 11.8 Å². The van der Waals surface area contributed by atoms with Crippen molar-refractivity contribution in [3.05, 3.63) is 29.2 Å². The molecule has 0 aliphatic heterocycles. The summed E-state index contributed by atoms with van der Waals surface area (Å²) in [5, 5.41) is 13.9. The van der Waals surface area contributed by atoms with Crippen LogP contribution < -0.4 is 5.32 Å². The fourth-order valence-electron chi connectivity index (χ4n) is 2.26. The maximum Gasteiger partial charge on any atom is 0.340 e. The molecule has 7 heteroatoms. The molecule has 0 fully saturated rings. The number of thiophene rings is 1. The van der Waals surface area contributed by atoms with Crippen LogP contribution in [0.25, 0.3) is 0 Å². The molecular formula is C14H15NO5S.